The average molecular weight is 615 g/mol. The second-order valence-electron chi connectivity index (χ2n) is 12.8. The number of rotatable bonds is 6. The molecular weight excluding hydrogens is 581 g/mol. The maximum atomic E-state index is 2.40. The maximum absolute atomic E-state index is 2.40. The van der Waals surface area contributed by atoms with Crippen LogP contribution in [-0.2, 0) is 0 Å². The SMILES string of the molecule is Cc1cccc(C)c1N(c1ccccc1)c1ccc2cc3c(cc2c1)-c1cc2cc(N(c4ccccc4)c4ccccc4)ccc2cc1-3. The van der Waals surface area contributed by atoms with Gasteiger partial charge >= 0.3 is 0 Å². The van der Waals surface area contributed by atoms with Gasteiger partial charge in [0, 0.05) is 28.4 Å². The Hall–Kier alpha value is -6.12. The van der Waals surface area contributed by atoms with E-state index in [0.29, 0.717) is 0 Å². The van der Waals surface area contributed by atoms with Gasteiger partial charge < -0.3 is 9.80 Å². The van der Waals surface area contributed by atoms with Crippen molar-refractivity contribution in [1.82, 2.24) is 0 Å². The molecule has 0 fully saturated rings. The molecule has 0 spiro atoms. The number of fused-ring (bicyclic) bond motifs is 6. The van der Waals surface area contributed by atoms with E-state index in [0.717, 1.165) is 28.4 Å². The van der Waals surface area contributed by atoms with Gasteiger partial charge in [-0.25, -0.2) is 0 Å². The maximum Gasteiger partial charge on any atom is 0.0519 e. The lowest BCUT2D eigenvalue weighted by atomic mass is 9.78. The minimum Gasteiger partial charge on any atom is -0.310 e. The summed E-state index contributed by atoms with van der Waals surface area (Å²) in [4.78, 5) is 4.73. The fourth-order valence-electron chi connectivity index (χ4n) is 7.42. The summed E-state index contributed by atoms with van der Waals surface area (Å²) in [7, 11) is 0. The molecule has 8 aromatic carbocycles. The van der Waals surface area contributed by atoms with E-state index >= 15 is 0 Å². The molecule has 0 amide bonds. The van der Waals surface area contributed by atoms with Crippen molar-refractivity contribution in [2.45, 2.75) is 13.8 Å². The number of hydrogen-bond donors (Lipinski definition) is 0. The lowest BCUT2D eigenvalue weighted by Crippen LogP contribution is -2.12. The van der Waals surface area contributed by atoms with Crippen LogP contribution in [0.1, 0.15) is 11.1 Å². The normalized spacial score (nSPS) is 11.5. The predicted octanol–water partition coefficient (Wildman–Crippen LogP) is 13.2. The van der Waals surface area contributed by atoms with Gasteiger partial charge in [-0.3, -0.25) is 0 Å². The fourth-order valence-corrected chi connectivity index (χ4v) is 7.42. The van der Waals surface area contributed by atoms with Crippen LogP contribution in [0.2, 0.25) is 0 Å². The van der Waals surface area contributed by atoms with Gasteiger partial charge in [0.1, 0.15) is 0 Å². The number of nitrogens with zero attached hydrogens (tertiary/aromatic N) is 2. The van der Waals surface area contributed by atoms with Crippen molar-refractivity contribution in [3.8, 4) is 22.3 Å². The number of hydrogen-bond acceptors (Lipinski definition) is 2. The van der Waals surface area contributed by atoms with Gasteiger partial charge in [0.25, 0.3) is 0 Å². The van der Waals surface area contributed by atoms with Crippen molar-refractivity contribution in [3.63, 3.8) is 0 Å². The van der Waals surface area contributed by atoms with Crippen LogP contribution in [-0.4, -0.2) is 0 Å². The minimum atomic E-state index is 1.14. The third-order valence-corrected chi connectivity index (χ3v) is 9.72. The van der Waals surface area contributed by atoms with Crippen LogP contribution in [0.3, 0.4) is 0 Å². The Kier molecular flexibility index (Phi) is 6.62. The molecular formula is C46H34N2. The van der Waals surface area contributed by atoms with E-state index in [1.54, 1.807) is 0 Å². The standard InChI is InChI=1S/C46H34N2/c1-31-13-12-14-32(2)46(31)48(39-19-10-5-11-20-39)41-24-22-34-28-43-42-27-33-21-23-40(25-35(33)29-44(42)45(43)30-36(34)26-41)47(37-15-6-3-7-16-37)38-17-8-4-9-18-38/h3-30H,1-2H3. The Balaban J connectivity index is 1.14. The summed E-state index contributed by atoms with van der Waals surface area (Å²) < 4.78 is 0. The highest BCUT2D eigenvalue weighted by atomic mass is 15.1. The summed E-state index contributed by atoms with van der Waals surface area (Å²) in [6, 6.07) is 61.7. The van der Waals surface area contributed by atoms with E-state index in [1.807, 2.05) is 0 Å². The van der Waals surface area contributed by atoms with E-state index in [-0.39, 0.29) is 0 Å². The molecule has 48 heavy (non-hydrogen) atoms. The molecule has 0 unspecified atom stereocenters. The molecule has 0 heterocycles. The quantitative estimate of drug-likeness (QED) is 0.184. The zero-order valence-electron chi connectivity index (χ0n) is 27.1. The Morgan fingerprint density at radius 3 is 1.10 bits per heavy atom. The van der Waals surface area contributed by atoms with Crippen molar-refractivity contribution < 1.29 is 0 Å². The van der Waals surface area contributed by atoms with Gasteiger partial charge in [-0.2, -0.15) is 0 Å². The van der Waals surface area contributed by atoms with Gasteiger partial charge in [-0.15, -0.1) is 0 Å². The first-order valence-corrected chi connectivity index (χ1v) is 16.6. The van der Waals surface area contributed by atoms with Crippen molar-refractivity contribution in [2.24, 2.45) is 0 Å². The smallest absolute Gasteiger partial charge is 0.0519 e. The first-order valence-electron chi connectivity index (χ1n) is 16.6. The van der Waals surface area contributed by atoms with E-state index in [1.165, 1.54) is 60.6 Å². The zero-order chi connectivity index (χ0) is 32.2. The van der Waals surface area contributed by atoms with Crippen LogP contribution in [0.15, 0.2) is 170 Å². The lowest BCUT2D eigenvalue weighted by molar-refractivity contribution is 1.22. The summed E-state index contributed by atoms with van der Waals surface area (Å²) in [6.07, 6.45) is 0. The van der Waals surface area contributed by atoms with Crippen LogP contribution in [0, 0.1) is 13.8 Å². The lowest BCUT2D eigenvalue weighted by Gasteiger charge is -2.30. The number of benzene rings is 8. The molecule has 2 nitrogen and oxygen atoms in total. The highest BCUT2D eigenvalue weighted by molar-refractivity contribution is 6.12. The van der Waals surface area contributed by atoms with Crippen molar-refractivity contribution in [1.29, 1.82) is 0 Å². The summed E-state index contributed by atoms with van der Waals surface area (Å²) in [6.45, 7) is 4.40. The Bertz CT molecular complexity index is 2410. The molecule has 0 radical (unpaired) electrons. The topological polar surface area (TPSA) is 6.48 Å². The van der Waals surface area contributed by atoms with E-state index < -0.39 is 0 Å². The van der Waals surface area contributed by atoms with Crippen LogP contribution in [0.25, 0.3) is 43.8 Å². The van der Waals surface area contributed by atoms with Crippen LogP contribution in [0.5, 0.6) is 0 Å². The highest BCUT2D eigenvalue weighted by Gasteiger charge is 2.25. The van der Waals surface area contributed by atoms with E-state index in [9.17, 15) is 0 Å². The summed E-state index contributed by atoms with van der Waals surface area (Å²) >= 11 is 0. The van der Waals surface area contributed by atoms with Crippen LogP contribution < -0.4 is 9.80 Å². The summed E-state index contributed by atoms with van der Waals surface area (Å²) in [5, 5.41) is 5.01. The van der Waals surface area contributed by atoms with E-state index in [4.69, 9.17) is 0 Å². The number of aryl methyl sites for hydroxylation is 2. The fraction of sp³-hybridized carbons (Fsp3) is 0.0435. The summed E-state index contributed by atoms with van der Waals surface area (Å²) in [5.41, 5.74) is 14.8. The Morgan fingerprint density at radius 2 is 0.667 bits per heavy atom. The number of para-hydroxylation sites is 4. The Morgan fingerprint density at radius 1 is 0.292 bits per heavy atom. The second-order valence-corrected chi connectivity index (χ2v) is 12.8. The van der Waals surface area contributed by atoms with E-state index in [2.05, 4.69) is 194 Å². The van der Waals surface area contributed by atoms with Gasteiger partial charge in [0.2, 0.25) is 0 Å². The zero-order valence-corrected chi connectivity index (χ0v) is 27.1. The van der Waals surface area contributed by atoms with Crippen molar-refractivity contribution >= 4 is 55.7 Å². The van der Waals surface area contributed by atoms with Gasteiger partial charge in [0.15, 0.2) is 0 Å². The monoisotopic (exact) mass is 614 g/mol. The second kappa shape index (κ2) is 11.3. The van der Waals surface area contributed by atoms with Crippen molar-refractivity contribution in [3.05, 3.63) is 181 Å². The molecule has 8 aromatic rings. The highest BCUT2D eigenvalue weighted by Crippen LogP contribution is 2.51. The van der Waals surface area contributed by atoms with Crippen LogP contribution in [0.4, 0.5) is 34.1 Å². The predicted molar refractivity (Wildman–Crippen MR) is 205 cm³/mol. The molecule has 9 rings (SSSR count). The van der Waals surface area contributed by atoms with Crippen molar-refractivity contribution in [2.75, 3.05) is 9.80 Å². The molecule has 228 valence electrons. The third-order valence-electron chi connectivity index (χ3n) is 9.72. The number of anilines is 6. The molecule has 0 saturated carbocycles. The first-order chi connectivity index (χ1) is 23.6. The van der Waals surface area contributed by atoms with Gasteiger partial charge in [0.05, 0.1) is 5.69 Å². The molecule has 0 aromatic heterocycles. The average Bonchev–Trinajstić information content (AvgIpc) is 3.13. The molecule has 2 heteroatoms. The Labute approximate surface area is 281 Å². The molecule has 1 aliphatic carbocycles. The van der Waals surface area contributed by atoms with Gasteiger partial charge in [-0.1, -0.05) is 84.9 Å². The molecule has 0 N–H and O–H groups in total. The largest absolute Gasteiger partial charge is 0.310 e. The van der Waals surface area contributed by atoms with Crippen LogP contribution >= 0.6 is 0 Å². The summed E-state index contributed by atoms with van der Waals surface area (Å²) in [5.74, 6) is 0. The first kappa shape index (κ1) is 28.1. The molecule has 0 atom stereocenters. The molecule has 0 saturated heterocycles. The molecule has 1 aliphatic rings. The molecule has 0 bridgehead atoms. The third kappa shape index (κ3) is 4.65. The molecule has 0 aliphatic heterocycles. The van der Waals surface area contributed by atoms with Gasteiger partial charge in [-0.05, 0) is 154 Å². The minimum absolute atomic E-state index is 1.14.